The Bertz CT molecular complexity index is 1210. The summed E-state index contributed by atoms with van der Waals surface area (Å²) < 4.78 is 0. The maximum Gasteiger partial charge on any atom is 0.305 e. The van der Waals surface area contributed by atoms with Gasteiger partial charge in [0.1, 0.15) is 29.9 Å². The van der Waals surface area contributed by atoms with Crippen molar-refractivity contribution in [3.63, 3.8) is 0 Å². The monoisotopic (exact) mass is 633 g/mol. The molecular formula is C28H43N9O8. The number of hydrogen-bond acceptors (Lipinski definition) is 9. The topological polar surface area (TPSA) is 277 Å². The highest BCUT2D eigenvalue weighted by atomic mass is 16.4. The molecule has 17 heteroatoms. The lowest BCUT2D eigenvalue weighted by Gasteiger charge is -2.26. The van der Waals surface area contributed by atoms with Crippen LogP contribution in [0.25, 0.3) is 0 Å². The standard InChI is InChI=1S/C28H43N9O8/c1-31-11-3-2-5-19-25(43)35-18(6-4-12-32-28(29)30)24(42)33-15-22(39)34-21(14-23(40)41)27(45)37-20(26(44)36-19)13-16-7-9-17(38)10-8-16/h7-10,18-21,31,38H,2-6,11-15H2,1H3,(H,33,42)(H,34,39)(H,35,43)(H,36,44)(H,37,45)(H,40,41)(H4,29,30,32). The van der Waals surface area contributed by atoms with E-state index in [2.05, 4.69) is 37.2 Å². The lowest BCUT2D eigenvalue weighted by molar-refractivity contribution is -0.141. The minimum absolute atomic E-state index is 0.0216. The molecule has 1 aromatic rings. The minimum Gasteiger partial charge on any atom is -0.508 e. The number of benzene rings is 1. The van der Waals surface area contributed by atoms with Crippen molar-refractivity contribution in [3.05, 3.63) is 29.8 Å². The lowest BCUT2D eigenvalue weighted by Crippen LogP contribution is -2.58. The highest BCUT2D eigenvalue weighted by molar-refractivity contribution is 5.98. The number of guanidine groups is 1. The van der Waals surface area contributed by atoms with Crippen LogP contribution in [0.4, 0.5) is 0 Å². The van der Waals surface area contributed by atoms with E-state index >= 15 is 0 Å². The molecule has 0 saturated carbocycles. The van der Waals surface area contributed by atoms with Gasteiger partial charge >= 0.3 is 5.97 Å². The number of unbranched alkanes of at least 4 members (excludes halogenated alkanes) is 1. The molecule has 12 N–H and O–H groups in total. The molecule has 4 atom stereocenters. The van der Waals surface area contributed by atoms with Crippen LogP contribution in [0.1, 0.15) is 44.1 Å². The first kappa shape index (κ1) is 36.3. The molecule has 1 aromatic carbocycles. The Hall–Kier alpha value is -4.93. The van der Waals surface area contributed by atoms with E-state index in [1.807, 2.05) is 0 Å². The van der Waals surface area contributed by atoms with Crippen molar-refractivity contribution < 1.29 is 39.0 Å². The van der Waals surface area contributed by atoms with Gasteiger partial charge in [-0.25, -0.2) is 0 Å². The molecule has 1 fully saturated rings. The summed E-state index contributed by atoms with van der Waals surface area (Å²) in [7, 11) is 1.77. The van der Waals surface area contributed by atoms with E-state index in [4.69, 9.17) is 11.1 Å². The van der Waals surface area contributed by atoms with Crippen molar-refractivity contribution in [1.82, 2.24) is 37.2 Å². The second-order valence-electron chi connectivity index (χ2n) is 10.6. The zero-order valence-corrected chi connectivity index (χ0v) is 25.1. The molecule has 1 aliphatic heterocycles. The number of carboxylic acids is 1. The molecule has 2 rings (SSSR count). The molecule has 248 valence electrons. The number of nitrogens with one attached hydrogen (secondary N) is 8. The molecule has 45 heavy (non-hydrogen) atoms. The number of carbonyl (C=O) groups excluding carboxylic acids is 5. The molecule has 0 aromatic heterocycles. The highest BCUT2D eigenvalue weighted by Crippen LogP contribution is 2.13. The van der Waals surface area contributed by atoms with Gasteiger partial charge in [-0.2, -0.15) is 0 Å². The first-order valence-electron chi connectivity index (χ1n) is 14.6. The third-order valence-corrected chi connectivity index (χ3v) is 6.88. The fraction of sp³-hybridized carbons (Fsp3) is 0.536. The van der Waals surface area contributed by atoms with E-state index in [-0.39, 0.29) is 37.5 Å². The van der Waals surface area contributed by atoms with Gasteiger partial charge in [-0.15, -0.1) is 0 Å². The largest absolute Gasteiger partial charge is 0.508 e. The SMILES string of the molecule is CNCCCCC1NC(=O)C(Cc2ccc(O)cc2)NC(=O)C(CC(=O)O)NC(=O)CNC(=O)C(CCCNC(=N)N)NC1=O. The van der Waals surface area contributed by atoms with Gasteiger partial charge < -0.3 is 53.2 Å². The molecule has 1 heterocycles. The molecule has 0 bridgehead atoms. The Balaban J connectivity index is 2.44. The Labute approximate surface area is 260 Å². The maximum atomic E-state index is 13.6. The summed E-state index contributed by atoms with van der Waals surface area (Å²) >= 11 is 0. The van der Waals surface area contributed by atoms with Gasteiger partial charge in [0.05, 0.1) is 13.0 Å². The molecule has 0 aliphatic carbocycles. The van der Waals surface area contributed by atoms with Crippen molar-refractivity contribution >= 4 is 41.5 Å². The predicted molar refractivity (Wildman–Crippen MR) is 162 cm³/mol. The van der Waals surface area contributed by atoms with Gasteiger partial charge in [0.2, 0.25) is 29.5 Å². The summed E-state index contributed by atoms with van der Waals surface area (Å²) in [6.45, 7) is 0.257. The van der Waals surface area contributed by atoms with Crippen LogP contribution in [-0.2, 0) is 35.2 Å². The van der Waals surface area contributed by atoms with Crippen LogP contribution in [0.15, 0.2) is 24.3 Å². The van der Waals surface area contributed by atoms with Crippen LogP contribution in [0.2, 0.25) is 0 Å². The van der Waals surface area contributed by atoms with Crippen LogP contribution in [-0.4, -0.2) is 103 Å². The molecule has 5 amide bonds. The Kier molecular flexibility index (Phi) is 15.0. The number of phenols is 1. The van der Waals surface area contributed by atoms with Gasteiger partial charge in [0, 0.05) is 13.0 Å². The molecule has 1 saturated heterocycles. The van der Waals surface area contributed by atoms with E-state index in [9.17, 15) is 39.0 Å². The molecule has 17 nitrogen and oxygen atoms in total. The lowest BCUT2D eigenvalue weighted by atomic mass is 10.0. The van der Waals surface area contributed by atoms with Crippen molar-refractivity contribution in [3.8, 4) is 5.75 Å². The van der Waals surface area contributed by atoms with E-state index in [1.54, 1.807) is 7.05 Å². The summed E-state index contributed by atoms with van der Waals surface area (Å²) in [5, 5.41) is 44.4. The summed E-state index contributed by atoms with van der Waals surface area (Å²) in [6.07, 6.45) is 0.884. The van der Waals surface area contributed by atoms with Gasteiger partial charge in [0.15, 0.2) is 5.96 Å². The number of rotatable bonds is 13. The summed E-state index contributed by atoms with van der Waals surface area (Å²) in [6, 6.07) is 0.713. The molecular weight excluding hydrogens is 590 g/mol. The summed E-state index contributed by atoms with van der Waals surface area (Å²) in [4.78, 5) is 77.6. The van der Waals surface area contributed by atoms with Crippen LogP contribution >= 0.6 is 0 Å². The molecule has 0 spiro atoms. The number of carboxylic acid groups (broad SMARTS) is 1. The van der Waals surface area contributed by atoms with Crippen LogP contribution in [0, 0.1) is 5.41 Å². The highest BCUT2D eigenvalue weighted by Gasteiger charge is 2.33. The minimum atomic E-state index is -1.59. The Morgan fingerprint density at radius 2 is 1.42 bits per heavy atom. The van der Waals surface area contributed by atoms with Crippen molar-refractivity contribution in [2.24, 2.45) is 5.73 Å². The van der Waals surface area contributed by atoms with E-state index in [1.165, 1.54) is 24.3 Å². The average Bonchev–Trinajstić information content (AvgIpc) is 2.98. The first-order valence-corrected chi connectivity index (χ1v) is 14.6. The van der Waals surface area contributed by atoms with Crippen molar-refractivity contribution in [2.45, 2.75) is 69.1 Å². The number of amides is 5. The van der Waals surface area contributed by atoms with Gasteiger partial charge in [0.25, 0.3) is 0 Å². The number of phenolic OH excluding ortho intramolecular Hbond substituents is 1. The number of hydrogen-bond donors (Lipinski definition) is 11. The summed E-state index contributed by atoms with van der Waals surface area (Å²) in [5.74, 6) is -5.66. The molecule has 0 radical (unpaired) electrons. The second-order valence-corrected chi connectivity index (χ2v) is 10.6. The van der Waals surface area contributed by atoms with Crippen LogP contribution in [0.3, 0.4) is 0 Å². The number of aliphatic carboxylic acids is 1. The average molecular weight is 634 g/mol. The predicted octanol–water partition coefficient (Wildman–Crippen LogP) is -2.87. The fourth-order valence-electron chi connectivity index (χ4n) is 4.53. The number of nitrogens with two attached hydrogens (primary N) is 1. The Morgan fingerprint density at radius 1 is 0.844 bits per heavy atom. The van der Waals surface area contributed by atoms with E-state index in [0.29, 0.717) is 31.4 Å². The van der Waals surface area contributed by atoms with Gasteiger partial charge in [-0.05, 0) is 63.4 Å². The zero-order chi connectivity index (χ0) is 33.4. The number of carbonyl (C=O) groups is 6. The third-order valence-electron chi connectivity index (χ3n) is 6.88. The Morgan fingerprint density at radius 3 is 2.04 bits per heavy atom. The van der Waals surface area contributed by atoms with Crippen molar-refractivity contribution in [2.75, 3.05) is 26.7 Å². The smallest absolute Gasteiger partial charge is 0.305 e. The first-order chi connectivity index (χ1) is 21.4. The molecule has 4 unspecified atom stereocenters. The normalized spacial score (nSPS) is 21.6. The van der Waals surface area contributed by atoms with Crippen molar-refractivity contribution in [1.29, 1.82) is 5.41 Å². The fourth-order valence-corrected chi connectivity index (χ4v) is 4.53. The van der Waals surface area contributed by atoms with Gasteiger partial charge in [-0.1, -0.05) is 12.1 Å². The number of aromatic hydroxyl groups is 1. The maximum absolute atomic E-state index is 13.6. The van der Waals surface area contributed by atoms with Crippen LogP contribution in [0.5, 0.6) is 5.75 Å². The molecule has 1 aliphatic rings. The van der Waals surface area contributed by atoms with Gasteiger partial charge in [-0.3, -0.25) is 34.2 Å². The zero-order valence-electron chi connectivity index (χ0n) is 25.1. The summed E-state index contributed by atoms with van der Waals surface area (Å²) in [5.41, 5.74) is 5.84. The third kappa shape index (κ3) is 13.5. The quantitative estimate of drug-likeness (QED) is 0.0597. The second kappa shape index (κ2) is 18.7. The van der Waals surface area contributed by atoms with Crippen LogP contribution < -0.4 is 43.0 Å². The van der Waals surface area contributed by atoms with E-state index < -0.39 is 72.6 Å². The van der Waals surface area contributed by atoms with E-state index in [0.717, 1.165) is 0 Å².